The summed E-state index contributed by atoms with van der Waals surface area (Å²) >= 11 is 0. The van der Waals surface area contributed by atoms with Crippen LogP contribution in [0, 0.1) is 0 Å². The lowest BCUT2D eigenvalue weighted by Gasteiger charge is -2.19. The molecular weight excluding hydrogens is 317 g/mol. The Morgan fingerprint density at radius 1 is 1.30 bits per heavy atom. The molecule has 2 heterocycles. The summed E-state index contributed by atoms with van der Waals surface area (Å²) in [5, 5.41) is 10.7. The van der Waals surface area contributed by atoms with Crippen LogP contribution >= 0.6 is 0 Å². The normalized spacial score (nSPS) is 15.7. The second kappa shape index (κ2) is 6.05. The fourth-order valence-corrected chi connectivity index (χ4v) is 2.51. The van der Waals surface area contributed by atoms with Gasteiger partial charge >= 0.3 is 12.1 Å². The van der Waals surface area contributed by atoms with E-state index in [0.717, 1.165) is 19.4 Å². The van der Waals surface area contributed by atoms with Crippen LogP contribution in [-0.4, -0.2) is 39.6 Å². The average Bonchev–Trinajstić information content (AvgIpc) is 2.85. The summed E-state index contributed by atoms with van der Waals surface area (Å²) in [7, 11) is 0. The highest BCUT2D eigenvalue weighted by Gasteiger charge is 2.38. The lowest BCUT2D eigenvalue weighted by atomic mass is 10.1. The molecule has 0 saturated carbocycles. The summed E-state index contributed by atoms with van der Waals surface area (Å²) in [6.45, 7) is 1.08. The molecule has 0 fully saturated rings. The molecule has 1 amide bonds. The molecule has 6 nitrogen and oxygen atoms in total. The van der Waals surface area contributed by atoms with E-state index in [9.17, 15) is 27.6 Å². The Morgan fingerprint density at radius 3 is 2.52 bits per heavy atom. The van der Waals surface area contributed by atoms with Crippen molar-refractivity contribution in [3.63, 3.8) is 0 Å². The van der Waals surface area contributed by atoms with E-state index >= 15 is 0 Å². The Kier molecular flexibility index (Phi) is 4.49. The number of halogens is 3. The van der Waals surface area contributed by atoms with Crippen LogP contribution in [0.2, 0.25) is 0 Å². The van der Waals surface area contributed by atoms with Crippen molar-refractivity contribution in [2.45, 2.75) is 44.9 Å². The average molecular weight is 332 g/mol. The molecule has 0 aliphatic carbocycles. The largest absolute Gasteiger partial charge is 0.478 e. The van der Waals surface area contributed by atoms with Crippen LogP contribution in [0.3, 0.4) is 0 Å². The van der Waals surface area contributed by atoms with Gasteiger partial charge in [-0.1, -0.05) is 0 Å². The van der Waals surface area contributed by atoms with Crippen molar-refractivity contribution in [3.8, 4) is 0 Å². The molecule has 0 radical (unpaired) electrons. The third-order valence-electron chi connectivity index (χ3n) is 3.76. The molecule has 0 bridgehead atoms. The smallest absolute Gasteiger partial charge is 0.408 e. The van der Waals surface area contributed by atoms with Crippen molar-refractivity contribution < 1.29 is 32.7 Å². The van der Waals surface area contributed by atoms with Crippen LogP contribution in [0.4, 0.5) is 13.2 Å². The summed E-state index contributed by atoms with van der Waals surface area (Å²) in [5.74, 6) is -3.81. The number of aromatic carboxylic acids is 1. The quantitative estimate of drug-likeness (QED) is 0.650. The standard InChI is InChI=1S/C14H15F3N2O4/c1-7(14(15,16)17)18-12(21)11(20)10-6-8(13(22)23)9-4-2-3-5-19(9)10/h6-7H,2-5H2,1H3,(H,18,21)(H,22,23)/t7-/m0/s1. The highest BCUT2D eigenvalue weighted by Crippen LogP contribution is 2.25. The molecule has 0 spiro atoms. The van der Waals surface area contributed by atoms with Gasteiger partial charge in [0.25, 0.3) is 11.7 Å². The van der Waals surface area contributed by atoms with Gasteiger partial charge in [0.1, 0.15) is 6.04 Å². The predicted molar refractivity (Wildman–Crippen MR) is 72.3 cm³/mol. The molecule has 1 aliphatic rings. The summed E-state index contributed by atoms with van der Waals surface area (Å²) in [6.07, 6.45) is -2.78. The maximum Gasteiger partial charge on any atom is 0.408 e. The number of nitrogens with one attached hydrogen (secondary N) is 1. The highest BCUT2D eigenvalue weighted by molar-refractivity contribution is 6.42. The first-order valence-corrected chi connectivity index (χ1v) is 7.00. The number of hydrogen-bond donors (Lipinski definition) is 2. The number of Topliss-reactive ketones (excluding diaryl/α,β-unsaturated/α-hetero) is 1. The minimum absolute atomic E-state index is 0.0929. The number of alkyl halides is 3. The molecule has 0 unspecified atom stereocenters. The Morgan fingerprint density at radius 2 is 1.96 bits per heavy atom. The Labute approximate surface area is 129 Å². The molecule has 1 aliphatic heterocycles. The molecule has 126 valence electrons. The van der Waals surface area contributed by atoms with Gasteiger partial charge in [-0.3, -0.25) is 9.59 Å². The van der Waals surface area contributed by atoms with E-state index in [4.69, 9.17) is 5.11 Å². The second-order valence-corrected chi connectivity index (χ2v) is 5.37. The van der Waals surface area contributed by atoms with Gasteiger partial charge in [-0.15, -0.1) is 0 Å². The molecule has 0 aromatic carbocycles. The number of hydrogen-bond acceptors (Lipinski definition) is 3. The molecule has 1 aromatic rings. The molecule has 2 rings (SSSR count). The zero-order valence-corrected chi connectivity index (χ0v) is 12.2. The van der Waals surface area contributed by atoms with Crippen molar-refractivity contribution in [1.82, 2.24) is 9.88 Å². The van der Waals surface area contributed by atoms with Gasteiger partial charge in [0.15, 0.2) is 0 Å². The number of carboxylic acids is 1. The van der Waals surface area contributed by atoms with Crippen molar-refractivity contribution in [1.29, 1.82) is 0 Å². The van der Waals surface area contributed by atoms with Crippen molar-refractivity contribution >= 4 is 17.7 Å². The Hall–Kier alpha value is -2.32. The van der Waals surface area contributed by atoms with Gasteiger partial charge in [-0.05, 0) is 32.3 Å². The zero-order valence-electron chi connectivity index (χ0n) is 12.2. The monoisotopic (exact) mass is 332 g/mol. The number of nitrogens with zero attached hydrogens (tertiary/aromatic N) is 1. The molecule has 1 atom stereocenters. The van der Waals surface area contributed by atoms with Gasteiger partial charge < -0.3 is 15.0 Å². The van der Waals surface area contributed by atoms with Crippen LogP contribution in [-0.2, 0) is 17.8 Å². The topological polar surface area (TPSA) is 88.4 Å². The van der Waals surface area contributed by atoms with Crippen molar-refractivity contribution in [3.05, 3.63) is 23.0 Å². The molecule has 1 aromatic heterocycles. The van der Waals surface area contributed by atoms with E-state index in [2.05, 4.69) is 0 Å². The lowest BCUT2D eigenvalue weighted by Crippen LogP contribution is -2.46. The van der Waals surface area contributed by atoms with E-state index in [1.165, 1.54) is 4.57 Å². The SMILES string of the molecule is C[C@H](NC(=O)C(=O)c1cc(C(=O)O)c2n1CCCC2)C(F)(F)F. The molecule has 23 heavy (non-hydrogen) atoms. The molecule has 2 N–H and O–H groups in total. The van der Waals surface area contributed by atoms with E-state index in [0.29, 0.717) is 25.1 Å². The summed E-state index contributed by atoms with van der Waals surface area (Å²) < 4.78 is 38.8. The number of ketones is 1. The number of rotatable bonds is 4. The number of carbonyl (C=O) groups is 3. The van der Waals surface area contributed by atoms with Gasteiger partial charge in [-0.2, -0.15) is 13.2 Å². The van der Waals surface area contributed by atoms with Gasteiger partial charge in [0.05, 0.1) is 11.3 Å². The number of amides is 1. The molecular formula is C14H15F3N2O4. The number of carbonyl (C=O) groups excluding carboxylic acids is 2. The predicted octanol–water partition coefficient (Wildman–Crippen LogP) is 1.77. The summed E-state index contributed by atoms with van der Waals surface area (Å²) in [6, 6.07) is -1.11. The number of aromatic nitrogens is 1. The maximum atomic E-state index is 12.4. The van der Waals surface area contributed by atoms with E-state index in [1.54, 1.807) is 5.32 Å². The van der Waals surface area contributed by atoms with E-state index < -0.39 is 29.9 Å². The summed E-state index contributed by atoms with van der Waals surface area (Å²) in [4.78, 5) is 35.1. The Bertz CT molecular complexity index is 664. The second-order valence-electron chi connectivity index (χ2n) is 5.37. The lowest BCUT2D eigenvalue weighted by molar-refractivity contribution is -0.156. The Balaban J connectivity index is 2.29. The minimum Gasteiger partial charge on any atom is -0.478 e. The van der Waals surface area contributed by atoms with Gasteiger partial charge in [0, 0.05) is 12.2 Å². The third-order valence-corrected chi connectivity index (χ3v) is 3.76. The number of carboxylic acid groups (broad SMARTS) is 1. The van der Waals surface area contributed by atoms with E-state index in [-0.39, 0.29) is 11.3 Å². The first kappa shape index (κ1) is 17.0. The van der Waals surface area contributed by atoms with Crippen LogP contribution < -0.4 is 5.32 Å². The maximum absolute atomic E-state index is 12.4. The fraction of sp³-hybridized carbons (Fsp3) is 0.500. The molecule has 0 saturated heterocycles. The van der Waals surface area contributed by atoms with Crippen molar-refractivity contribution in [2.24, 2.45) is 0 Å². The summed E-state index contributed by atoms with van der Waals surface area (Å²) in [5.41, 5.74) is 0.137. The fourth-order valence-electron chi connectivity index (χ4n) is 2.51. The first-order valence-electron chi connectivity index (χ1n) is 7.00. The minimum atomic E-state index is -4.67. The van der Waals surface area contributed by atoms with Crippen LogP contribution in [0.25, 0.3) is 0 Å². The zero-order chi connectivity index (χ0) is 17.4. The van der Waals surface area contributed by atoms with Gasteiger partial charge in [-0.25, -0.2) is 4.79 Å². The van der Waals surface area contributed by atoms with Gasteiger partial charge in [0.2, 0.25) is 0 Å². The van der Waals surface area contributed by atoms with Crippen molar-refractivity contribution in [2.75, 3.05) is 0 Å². The first-order chi connectivity index (χ1) is 10.6. The molecule has 9 heteroatoms. The third kappa shape index (κ3) is 3.38. The highest BCUT2D eigenvalue weighted by atomic mass is 19.4. The van der Waals surface area contributed by atoms with Crippen LogP contribution in [0.1, 0.15) is 46.3 Å². The van der Waals surface area contributed by atoms with Crippen LogP contribution in [0.5, 0.6) is 0 Å². The van der Waals surface area contributed by atoms with E-state index in [1.807, 2.05) is 0 Å². The number of fused-ring (bicyclic) bond motifs is 1. The van der Waals surface area contributed by atoms with Crippen LogP contribution in [0.15, 0.2) is 6.07 Å².